The first-order chi connectivity index (χ1) is 25.4. The van der Waals surface area contributed by atoms with Gasteiger partial charge in [0.05, 0.1) is 12.2 Å². The number of aldehydes is 2. The summed E-state index contributed by atoms with van der Waals surface area (Å²) < 4.78 is 22.3. The smallest absolute Gasteiger partial charge is 0.145 e. The number of ether oxygens (including phenoxy) is 4. The van der Waals surface area contributed by atoms with Crippen LogP contribution in [0.5, 0.6) is 11.5 Å². The van der Waals surface area contributed by atoms with E-state index >= 15 is 0 Å². The van der Waals surface area contributed by atoms with Gasteiger partial charge >= 0.3 is 0 Å². The molecule has 0 saturated carbocycles. The van der Waals surface area contributed by atoms with E-state index in [1.807, 2.05) is 38.1 Å². The molecule has 5 aromatic rings. The van der Waals surface area contributed by atoms with Crippen molar-refractivity contribution in [2.24, 2.45) is 0 Å². The Hall–Kier alpha value is -5.24. The van der Waals surface area contributed by atoms with Crippen LogP contribution >= 0.6 is 0 Å². The van der Waals surface area contributed by atoms with E-state index in [1.54, 1.807) is 0 Å². The van der Waals surface area contributed by atoms with Crippen LogP contribution in [0.1, 0.15) is 41.7 Å². The molecule has 7 heteroatoms. The zero-order chi connectivity index (χ0) is 36.5. The van der Waals surface area contributed by atoms with Gasteiger partial charge in [-0.3, -0.25) is 0 Å². The van der Waals surface area contributed by atoms with E-state index in [0.717, 1.165) is 66.8 Å². The first kappa shape index (κ1) is 38.0. The first-order valence-electron chi connectivity index (χ1n) is 18.0. The van der Waals surface area contributed by atoms with Gasteiger partial charge in [0.15, 0.2) is 0 Å². The molecule has 0 aromatic heterocycles. The van der Waals surface area contributed by atoms with Crippen LogP contribution in [0.3, 0.4) is 0 Å². The van der Waals surface area contributed by atoms with Crippen LogP contribution in [-0.4, -0.2) is 51.2 Å². The molecule has 0 N–H and O–H groups in total. The van der Waals surface area contributed by atoms with E-state index in [4.69, 9.17) is 18.9 Å². The second-order valence-corrected chi connectivity index (χ2v) is 13.0. The number of benzene rings is 5. The van der Waals surface area contributed by atoms with Gasteiger partial charge in [0, 0.05) is 17.1 Å². The lowest BCUT2D eigenvalue weighted by Gasteiger charge is -2.26. The SMILES string of the molecule is Cc1ccc(N(c2ccc(CCc3ccc(OCC(C)OCC=O)cc3)cc2)c2ccc(CCc3ccc(OCC(C)OCC=O)cc3)cc2)cc1. The molecule has 0 bridgehead atoms. The van der Waals surface area contributed by atoms with Gasteiger partial charge in [0.1, 0.15) is 50.5 Å². The molecule has 0 saturated heterocycles. The maximum atomic E-state index is 10.5. The molecule has 2 unspecified atom stereocenters. The largest absolute Gasteiger partial charge is 0.491 e. The molecule has 0 fully saturated rings. The number of anilines is 3. The monoisotopic (exact) mass is 699 g/mol. The first-order valence-corrected chi connectivity index (χ1v) is 18.0. The molecule has 0 aliphatic heterocycles. The molecule has 0 spiro atoms. The molecule has 0 aliphatic carbocycles. The van der Waals surface area contributed by atoms with Crippen molar-refractivity contribution in [2.45, 2.75) is 58.7 Å². The highest BCUT2D eigenvalue weighted by atomic mass is 16.5. The highest BCUT2D eigenvalue weighted by Gasteiger charge is 2.13. The summed E-state index contributed by atoms with van der Waals surface area (Å²) in [7, 11) is 0. The fourth-order valence-corrected chi connectivity index (χ4v) is 5.78. The van der Waals surface area contributed by atoms with Gasteiger partial charge in [0.25, 0.3) is 0 Å². The highest BCUT2D eigenvalue weighted by molar-refractivity contribution is 5.76. The predicted molar refractivity (Wildman–Crippen MR) is 208 cm³/mol. The number of carbonyl (C=O) groups excluding carboxylic acids is 2. The van der Waals surface area contributed by atoms with Gasteiger partial charge in [-0.25, -0.2) is 0 Å². The topological polar surface area (TPSA) is 74.3 Å². The number of hydrogen-bond donors (Lipinski definition) is 0. The van der Waals surface area contributed by atoms with Crippen molar-refractivity contribution < 1.29 is 28.5 Å². The minimum Gasteiger partial charge on any atom is -0.491 e. The van der Waals surface area contributed by atoms with Gasteiger partial charge in [-0.05, 0) is 129 Å². The maximum absolute atomic E-state index is 10.5. The molecule has 7 nitrogen and oxygen atoms in total. The highest BCUT2D eigenvalue weighted by Crippen LogP contribution is 2.35. The Morgan fingerprint density at radius 2 is 0.788 bits per heavy atom. The molecule has 52 heavy (non-hydrogen) atoms. The van der Waals surface area contributed by atoms with Crippen molar-refractivity contribution in [3.05, 3.63) is 149 Å². The Bertz CT molecular complexity index is 1670. The van der Waals surface area contributed by atoms with Crippen LogP contribution in [-0.2, 0) is 44.7 Å². The third kappa shape index (κ3) is 11.9. The molecule has 0 amide bonds. The number of rotatable bonds is 21. The van der Waals surface area contributed by atoms with E-state index in [9.17, 15) is 9.59 Å². The molecule has 5 rings (SSSR count). The van der Waals surface area contributed by atoms with Crippen molar-refractivity contribution in [1.82, 2.24) is 0 Å². The molecular formula is C45H49NO6. The van der Waals surface area contributed by atoms with Gasteiger partial charge in [0.2, 0.25) is 0 Å². The predicted octanol–water partition coefficient (Wildman–Crippen LogP) is 9.00. The average Bonchev–Trinajstić information content (AvgIpc) is 3.18. The summed E-state index contributed by atoms with van der Waals surface area (Å²) >= 11 is 0. The second-order valence-electron chi connectivity index (χ2n) is 13.0. The van der Waals surface area contributed by atoms with Crippen LogP contribution in [0.15, 0.2) is 121 Å². The third-order valence-corrected chi connectivity index (χ3v) is 8.80. The molecule has 0 heterocycles. The normalized spacial score (nSPS) is 12.1. The maximum Gasteiger partial charge on any atom is 0.145 e. The standard InChI is InChI=1S/C45H49NO6/c1-34-4-18-41(19-5-34)46(42-20-10-37(11-21-42)6-8-39-14-24-44(25-15-39)51-32-35(2)49-30-28-47)43-22-12-38(13-23-43)7-9-40-16-26-45(27-17-40)52-33-36(3)50-31-29-48/h4-5,10-29,35-36H,6-9,30-33H2,1-3H3. The lowest BCUT2D eigenvalue weighted by Crippen LogP contribution is -2.19. The molecule has 5 aromatic carbocycles. The van der Waals surface area contributed by atoms with Crippen molar-refractivity contribution in [1.29, 1.82) is 0 Å². The molecule has 0 aliphatic rings. The summed E-state index contributed by atoms with van der Waals surface area (Å²) in [4.78, 5) is 23.3. The summed E-state index contributed by atoms with van der Waals surface area (Å²) in [6.45, 7) is 6.86. The van der Waals surface area contributed by atoms with Gasteiger partial charge in [-0.15, -0.1) is 0 Å². The van der Waals surface area contributed by atoms with Crippen molar-refractivity contribution in [2.75, 3.05) is 31.3 Å². The molecule has 2 atom stereocenters. The minimum atomic E-state index is -0.144. The zero-order valence-corrected chi connectivity index (χ0v) is 30.4. The number of carbonyl (C=O) groups is 2. The fraction of sp³-hybridized carbons (Fsp3) is 0.289. The van der Waals surface area contributed by atoms with Crippen molar-refractivity contribution in [3.63, 3.8) is 0 Å². The van der Waals surface area contributed by atoms with Crippen molar-refractivity contribution in [3.8, 4) is 11.5 Å². The summed E-state index contributed by atoms with van der Waals surface area (Å²) in [5.41, 5.74) is 9.62. The van der Waals surface area contributed by atoms with Crippen LogP contribution in [0, 0.1) is 6.92 Å². The van der Waals surface area contributed by atoms with E-state index in [0.29, 0.717) is 13.2 Å². The summed E-state index contributed by atoms with van der Waals surface area (Å²) in [5, 5.41) is 0. The molecular weight excluding hydrogens is 650 g/mol. The molecule has 0 radical (unpaired) electrons. The lowest BCUT2D eigenvalue weighted by molar-refractivity contribution is -0.114. The van der Waals surface area contributed by atoms with Crippen LogP contribution < -0.4 is 14.4 Å². The van der Waals surface area contributed by atoms with Gasteiger partial charge in [-0.2, -0.15) is 0 Å². The Morgan fingerprint density at radius 1 is 0.481 bits per heavy atom. The summed E-state index contributed by atoms with van der Waals surface area (Å²) in [6, 6.07) is 42.8. The van der Waals surface area contributed by atoms with Gasteiger partial charge < -0.3 is 33.4 Å². The average molecular weight is 700 g/mol. The van der Waals surface area contributed by atoms with E-state index in [1.165, 1.54) is 27.8 Å². The number of nitrogens with zero attached hydrogens (tertiary/aromatic N) is 1. The van der Waals surface area contributed by atoms with Crippen molar-refractivity contribution >= 4 is 29.6 Å². The Kier molecular flexibility index (Phi) is 14.6. The van der Waals surface area contributed by atoms with E-state index < -0.39 is 0 Å². The van der Waals surface area contributed by atoms with E-state index in [2.05, 4.69) is 109 Å². The zero-order valence-electron chi connectivity index (χ0n) is 30.4. The Morgan fingerprint density at radius 3 is 1.12 bits per heavy atom. The quantitative estimate of drug-likeness (QED) is 0.0708. The minimum absolute atomic E-state index is 0.0840. The Labute approximate surface area is 308 Å². The van der Waals surface area contributed by atoms with Crippen LogP contribution in [0.4, 0.5) is 17.1 Å². The third-order valence-electron chi connectivity index (χ3n) is 8.80. The number of hydrogen-bond acceptors (Lipinski definition) is 7. The van der Waals surface area contributed by atoms with Crippen LogP contribution in [0.25, 0.3) is 0 Å². The Balaban J connectivity index is 1.17. The fourth-order valence-electron chi connectivity index (χ4n) is 5.78. The van der Waals surface area contributed by atoms with Crippen LogP contribution in [0.2, 0.25) is 0 Å². The molecule has 270 valence electrons. The summed E-state index contributed by atoms with van der Waals surface area (Å²) in [6.07, 6.45) is 4.93. The summed E-state index contributed by atoms with van der Waals surface area (Å²) in [5.74, 6) is 1.59. The van der Waals surface area contributed by atoms with E-state index in [-0.39, 0.29) is 25.4 Å². The second kappa shape index (κ2) is 20.0. The van der Waals surface area contributed by atoms with Gasteiger partial charge in [-0.1, -0.05) is 66.2 Å². The number of aryl methyl sites for hydroxylation is 5. The lowest BCUT2D eigenvalue weighted by atomic mass is 10.0.